The van der Waals surface area contributed by atoms with Crippen molar-refractivity contribution in [3.8, 4) is 0 Å². The SMILES string of the molecule is Cc1ccccc1C(O)c1cn(C)cn1. The molecule has 2 rings (SSSR count). The fourth-order valence-corrected chi connectivity index (χ4v) is 1.63. The van der Waals surface area contributed by atoms with E-state index < -0.39 is 6.10 Å². The first-order valence-corrected chi connectivity index (χ1v) is 4.90. The van der Waals surface area contributed by atoms with Crippen molar-refractivity contribution in [1.29, 1.82) is 0 Å². The minimum absolute atomic E-state index is 0.632. The zero-order chi connectivity index (χ0) is 10.8. The van der Waals surface area contributed by atoms with E-state index in [0.29, 0.717) is 5.69 Å². The molecule has 0 aliphatic carbocycles. The molecule has 0 amide bonds. The third kappa shape index (κ3) is 1.92. The molecule has 1 aromatic carbocycles. The zero-order valence-corrected chi connectivity index (χ0v) is 8.88. The summed E-state index contributed by atoms with van der Waals surface area (Å²) in [5, 5.41) is 10.1. The molecule has 0 bridgehead atoms. The summed E-state index contributed by atoms with van der Waals surface area (Å²) in [5.41, 5.74) is 2.68. The molecule has 0 aliphatic heterocycles. The van der Waals surface area contributed by atoms with Crippen LogP contribution in [0.1, 0.15) is 22.9 Å². The van der Waals surface area contributed by atoms with Crippen molar-refractivity contribution in [2.75, 3.05) is 0 Å². The van der Waals surface area contributed by atoms with E-state index in [9.17, 15) is 5.11 Å². The van der Waals surface area contributed by atoms with Gasteiger partial charge in [0.05, 0.1) is 12.0 Å². The number of rotatable bonds is 2. The summed E-state index contributed by atoms with van der Waals surface area (Å²) < 4.78 is 1.83. The van der Waals surface area contributed by atoms with Crippen LogP contribution in [0.5, 0.6) is 0 Å². The quantitative estimate of drug-likeness (QED) is 0.806. The van der Waals surface area contributed by atoms with Gasteiger partial charge in [0.15, 0.2) is 0 Å². The molecule has 0 saturated carbocycles. The maximum absolute atomic E-state index is 10.1. The summed E-state index contributed by atoms with van der Waals surface area (Å²) in [4.78, 5) is 4.15. The van der Waals surface area contributed by atoms with Crippen molar-refractivity contribution in [3.05, 3.63) is 53.6 Å². The van der Waals surface area contributed by atoms with Gasteiger partial charge in [-0.25, -0.2) is 4.98 Å². The molecule has 1 N–H and O–H groups in total. The van der Waals surface area contributed by atoms with Crippen LogP contribution < -0.4 is 0 Å². The van der Waals surface area contributed by atoms with E-state index in [1.165, 1.54) is 0 Å². The molecule has 0 spiro atoms. The van der Waals surface area contributed by atoms with Gasteiger partial charge < -0.3 is 9.67 Å². The van der Waals surface area contributed by atoms with Crippen molar-refractivity contribution >= 4 is 0 Å². The third-order valence-corrected chi connectivity index (χ3v) is 2.49. The van der Waals surface area contributed by atoms with E-state index in [1.54, 1.807) is 6.33 Å². The van der Waals surface area contributed by atoms with Crippen LogP contribution >= 0.6 is 0 Å². The highest BCUT2D eigenvalue weighted by molar-refractivity contribution is 5.31. The Morgan fingerprint density at radius 3 is 2.67 bits per heavy atom. The van der Waals surface area contributed by atoms with Gasteiger partial charge in [0.1, 0.15) is 6.10 Å². The fraction of sp³-hybridized carbons (Fsp3) is 0.250. The molecule has 1 heterocycles. The lowest BCUT2D eigenvalue weighted by Gasteiger charge is -2.10. The van der Waals surface area contributed by atoms with Gasteiger partial charge in [0.25, 0.3) is 0 Å². The molecular weight excluding hydrogens is 188 g/mol. The van der Waals surface area contributed by atoms with E-state index in [1.807, 2.05) is 49.0 Å². The second-order valence-corrected chi connectivity index (χ2v) is 3.72. The summed E-state index contributed by atoms with van der Waals surface area (Å²) in [5.74, 6) is 0. The average Bonchev–Trinajstić information content (AvgIpc) is 2.65. The highest BCUT2D eigenvalue weighted by Crippen LogP contribution is 2.22. The van der Waals surface area contributed by atoms with Crippen molar-refractivity contribution in [1.82, 2.24) is 9.55 Å². The highest BCUT2D eigenvalue weighted by atomic mass is 16.3. The molecule has 1 atom stereocenters. The number of benzene rings is 1. The number of imidazole rings is 1. The van der Waals surface area contributed by atoms with E-state index in [-0.39, 0.29) is 0 Å². The Morgan fingerprint density at radius 1 is 1.33 bits per heavy atom. The Kier molecular flexibility index (Phi) is 2.56. The third-order valence-electron chi connectivity index (χ3n) is 2.49. The van der Waals surface area contributed by atoms with E-state index in [0.717, 1.165) is 11.1 Å². The minimum Gasteiger partial charge on any atom is -0.382 e. The Bertz CT molecular complexity index is 462. The number of aromatic nitrogens is 2. The normalized spacial score (nSPS) is 12.7. The lowest BCUT2D eigenvalue weighted by Crippen LogP contribution is -2.02. The molecule has 3 heteroatoms. The molecular formula is C12H14N2O. The number of hydrogen-bond acceptors (Lipinski definition) is 2. The molecule has 3 nitrogen and oxygen atoms in total. The molecule has 0 radical (unpaired) electrons. The number of nitrogens with zero attached hydrogens (tertiary/aromatic N) is 2. The van der Waals surface area contributed by atoms with Crippen molar-refractivity contribution < 1.29 is 5.11 Å². The maximum atomic E-state index is 10.1. The van der Waals surface area contributed by atoms with E-state index in [2.05, 4.69) is 4.98 Å². The van der Waals surface area contributed by atoms with Gasteiger partial charge in [0.2, 0.25) is 0 Å². The van der Waals surface area contributed by atoms with E-state index >= 15 is 0 Å². The number of hydrogen-bond donors (Lipinski definition) is 1. The van der Waals surface area contributed by atoms with Crippen LogP contribution in [-0.4, -0.2) is 14.7 Å². The van der Waals surface area contributed by atoms with Crippen LogP contribution in [0.15, 0.2) is 36.8 Å². The van der Waals surface area contributed by atoms with Crippen LogP contribution in [0.4, 0.5) is 0 Å². The van der Waals surface area contributed by atoms with Crippen LogP contribution in [0.25, 0.3) is 0 Å². The van der Waals surface area contributed by atoms with Crippen molar-refractivity contribution in [3.63, 3.8) is 0 Å². The minimum atomic E-state index is -0.632. The van der Waals surface area contributed by atoms with Gasteiger partial charge in [-0.3, -0.25) is 0 Å². The molecule has 1 aromatic heterocycles. The first-order valence-electron chi connectivity index (χ1n) is 4.90. The van der Waals surface area contributed by atoms with Crippen LogP contribution in [0.2, 0.25) is 0 Å². The predicted molar refractivity (Wildman–Crippen MR) is 58.4 cm³/mol. The lowest BCUT2D eigenvalue weighted by atomic mass is 10.0. The molecule has 0 fully saturated rings. The summed E-state index contributed by atoms with van der Waals surface area (Å²) in [6.45, 7) is 1.99. The number of aliphatic hydroxyl groups is 1. The van der Waals surface area contributed by atoms with Crippen molar-refractivity contribution in [2.24, 2.45) is 7.05 Å². The molecule has 15 heavy (non-hydrogen) atoms. The molecule has 78 valence electrons. The molecule has 0 saturated heterocycles. The van der Waals surface area contributed by atoms with Gasteiger partial charge in [-0.05, 0) is 18.1 Å². The Morgan fingerprint density at radius 2 is 2.07 bits per heavy atom. The second-order valence-electron chi connectivity index (χ2n) is 3.72. The monoisotopic (exact) mass is 202 g/mol. The van der Waals surface area contributed by atoms with Crippen LogP contribution in [-0.2, 0) is 7.05 Å². The Labute approximate surface area is 89.0 Å². The number of aliphatic hydroxyl groups excluding tert-OH is 1. The van der Waals surface area contributed by atoms with Gasteiger partial charge in [0, 0.05) is 13.2 Å². The predicted octanol–water partition coefficient (Wildman–Crippen LogP) is 1.81. The lowest BCUT2D eigenvalue weighted by molar-refractivity contribution is 0.215. The zero-order valence-electron chi connectivity index (χ0n) is 8.88. The summed E-state index contributed by atoms with van der Waals surface area (Å²) in [7, 11) is 1.89. The van der Waals surface area contributed by atoms with Gasteiger partial charge >= 0.3 is 0 Å². The van der Waals surface area contributed by atoms with Crippen LogP contribution in [0, 0.1) is 6.92 Å². The average molecular weight is 202 g/mol. The molecule has 1 unspecified atom stereocenters. The summed E-state index contributed by atoms with van der Waals surface area (Å²) in [6, 6.07) is 7.80. The Balaban J connectivity index is 2.36. The molecule has 2 aromatic rings. The van der Waals surface area contributed by atoms with E-state index in [4.69, 9.17) is 0 Å². The Hall–Kier alpha value is -1.61. The van der Waals surface area contributed by atoms with Gasteiger partial charge in [-0.2, -0.15) is 0 Å². The molecule has 0 aliphatic rings. The number of aryl methyl sites for hydroxylation is 2. The van der Waals surface area contributed by atoms with Crippen molar-refractivity contribution in [2.45, 2.75) is 13.0 Å². The highest BCUT2D eigenvalue weighted by Gasteiger charge is 2.14. The summed E-state index contributed by atoms with van der Waals surface area (Å²) >= 11 is 0. The maximum Gasteiger partial charge on any atom is 0.123 e. The topological polar surface area (TPSA) is 38.0 Å². The standard InChI is InChI=1S/C12H14N2O/c1-9-5-3-4-6-10(9)12(15)11-7-14(2)8-13-11/h3-8,12,15H,1-2H3. The summed E-state index contributed by atoms with van der Waals surface area (Å²) in [6.07, 6.45) is 2.89. The van der Waals surface area contributed by atoms with Gasteiger partial charge in [-0.1, -0.05) is 24.3 Å². The fourth-order valence-electron chi connectivity index (χ4n) is 1.63. The smallest absolute Gasteiger partial charge is 0.123 e. The first-order chi connectivity index (χ1) is 7.18. The second kappa shape index (κ2) is 3.87. The largest absolute Gasteiger partial charge is 0.382 e. The van der Waals surface area contributed by atoms with Gasteiger partial charge in [-0.15, -0.1) is 0 Å². The first kappa shape index (κ1) is 9.93. The van der Waals surface area contributed by atoms with Crippen LogP contribution in [0.3, 0.4) is 0 Å².